The van der Waals surface area contributed by atoms with Crippen molar-refractivity contribution in [3.05, 3.63) is 269 Å². The lowest BCUT2D eigenvalue weighted by molar-refractivity contribution is 0.415. The van der Waals surface area contributed by atoms with Crippen LogP contribution in [0.15, 0.2) is 224 Å². The van der Waals surface area contributed by atoms with Crippen molar-refractivity contribution in [2.24, 2.45) is 0 Å². The molecule has 16 rings (SSSR count). The topological polar surface area (TPSA) is 9.23 Å². The minimum absolute atomic E-state index is 0.0476. The number of ether oxygens (including phenoxy) is 1. The van der Waals surface area contributed by atoms with Crippen LogP contribution in [0.4, 0.5) is 0 Å². The Morgan fingerprint density at radius 3 is 0.689 bits per heavy atom. The Hall–Kier alpha value is -9.04. The van der Waals surface area contributed by atoms with Gasteiger partial charge < -0.3 is 4.74 Å². The van der Waals surface area contributed by atoms with Crippen LogP contribution in [0.3, 0.4) is 0 Å². The lowest BCUT2D eigenvalue weighted by atomic mass is 9.72. The van der Waals surface area contributed by atoms with Crippen LogP contribution >= 0.6 is 0 Å². The van der Waals surface area contributed by atoms with Crippen molar-refractivity contribution in [1.82, 2.24) is 0 Å². The quantitative estimate of drug-likeness (QED) is 0.105. The Kier molecular flexibility index (Phi) is 13.1. The zero-order chi connectivity index (χ0) is 61.4. The molecule has 0 fully saturated rings. The van der Waals surface area contributed by atoms with Crippen molar-refractivity contribution in [2.45, 2.75) is 128 Å². The van der Waals surface area contributed by atoms with E-state index >= 15 is 0 Å². The number of methoxy groups -OCH3 is 1. The van der Waals surface area contributed by atoms with E-state index in [2.05, 4.69) is 274 Å². The third kappa shape index (κ3) is 7.87. The van der Waals surface area contributed by atoms with Gasteiger partial charge in [-0.3, -0.25) is 0 Å². The molecule has 0 aliphatic heterocycles. The fraction of sp³-hybridized carbons (Fsp3) is 0.236. The van der Waals surface area contributed by atoms with Crippen LogP contribution < -0.4 is 4.74 Å². The number of hydrogen-bond acceptors (Lipinski definition) is 1. The Labute approximate surface area is 533 Å². The molecular weight excluding hydrogens is 1080 g/mol. The molecule has 12 aromatic carbocycles. The second kappa shape index (κ2) is 21.0. The van der Waals surface area contributed by atoms with Gasteiger partial charge in [-0.05, 0) is 290 Å². The highest BCUT2D eigenvalue weighted by Gasteiger charge is 2.45. The predicted molar refractivity (Wildman–Crippen MR) is 382 cm³/mol. The fourth-order valence-electron chi connectivity index (χ4n) is 18.4. The highest BCUT2D eigenvalue weighted by molar-refractivity contribution is 5.96. The van der Waals surface area contributed by atoms with Gasteiger partial charge in [-0.1, -0.05) is 207 Å². The van der Waals surface area contributed by atoms with E-state index in [4.69, 9.17) is 4.74 Å². The van der Waals surface area contributed by atoms with Crippen LogP contribution in [0.1, 0.15) is 151 Å². The third-order valence-corrected chi connectivity index (χ3v) is 23.7. The van der Waals surface area contributed by atoms with Crippen LogP contribution in [0, 0.1) is 0 Å². The molecular formula is C89H80O. The number of rotatable bonds is 14. The van der Waals surface area contributed by atoms with Gasteiger partial charge >= 0.3 is 0 Å². The van der Waals surface area contributed by atoms with Gasteiger partial charge in [-0.2, -0.15) is 0 Å². The van der Waals surface area contributed by atoms with Crippen molar-refractivity contribution < 1.29 is 4.74 Å². The predicted octanol–water partition coefficient (Wildman–Crippen LogP) is 24.7. The van der Waals surface area contributed by atoms with Crippen LogP contribution in [-0.2, 0) is 21.7 Å². The molecule has 0 spiro atoms. The molecule has 1 heteroatoms. The largest absolute Gasteiger partial charge is 0.497 e. The van der Waals surface area contributed by atoms with E-state index in [0.29, 0.717) is 0 Å². The molecule has 0 amide bonds. The van der Waals surface area contributed by atoms with Crippen molar-refractivity contribution in [2.75, 3.05) is 7.11 Å². The summed E-state index contributed by atoms with van der Waals surface area (Å²) in [5, 5.41) is 4.90. The maximum absolute atomic E-state index is 5.48. The summed E-state index contributed by atoms with van der Waals surface area (Å²) in [6.07, 6.45) is 8.46. The van der Waals surface area contributed by atoms with E-state index in [1.54, 1.807) is 7.11 Å². The molecule has 0 unspecified atom stereocenters. The molecule has 4 aliphatic carbocycles. The Balaban J connectivity index is 0.692. The van der Waals surface area contributed by atoms with Crippen LogP contribution in [0.25, 0.3) is 122 Å². The van der Waals surface area contributed by atoms with E-state index in [9.17, 15) is 0 Å². The Morgan fingerprint density at radius 2 is 0.422 bits per heavy atom. The average Bonchev–Trinajstić information content (AvgIpc) is 1.60. The first-order chi connectivity index (χ1) is 44.0. The molecule has 0 bridgehead atoms. The molecule has 0 N–H and O–H groups in total. The van der Waals surface area contributed by atoms with Gasteiger partial charge in [-0.15, -0.1) is 0 Å². The Bertz CT molecular complexity index is 4930. The summed E-state index contributed by atoms with van der Waals surface area (Å²) < 4.78 is 5.48. The van der Waals surface area contributed by atoms with Crippen LogP contribution in [-0.4, -0.2) is 7.11 Å². The molecule has 0 atom stereocenters. The summed E-state index contributed by atoms with van der Waals surface area (Å²) in [7, 11) is 1.72. The van der Waals surface area contributed by atoms with Crippen LogP contribution in [0.2, 0.25) is 0 Å². The first kappa shape index (κ1) is 56.2. The minimum atomic E-state index is -0.0946. The molecule has 0 heterocycles. The lowest BCUT2D eigenvalue weighted by Crippen LogP contribution is -2.23. The Morgan fingerprint density at radius 1 is 0.211 bits per heavy atom. The molecule has 0 saturated carbocycles. The smallest absolute Gasteiger partial charge is 0.119 e. The molecule has 4 aliphatic rings. The maximum atomic E-state index is 5.48. The van der Waals surface area contributed by atoms with Gasteiger partial charge in [0.2, 0.25) is 0 Å². The summed E-state index contributed by atoms with van der Waals surface area (Å²) in [5.74, 6) is 0.883. The van der Waals surface area contributed by atoms with E-state index in [0.717, 1.165) is 57.1 Å². The number of hydrogen-bond donors (Lipinski definition) is 0. The number of fused-ring (bicyclic) bond motifs is 14. The molecule has 1 nitrogen and oxygen atoms in total. The first-order valence-electron chi connectivity index (χ1n) is 33.8. The van der Waals surface area contributed by atoms with Gasteiger partial charge in [0.25, 0.3) is 0 Å². The monoisotopic (exact) mass is 1160 g/mol. The minimum Gasteiger partial charge on any atom is -0.497 e. The second-order valence-electron chi connectivity index (χ2n) is 26.7. The highest BCUT2D eigenvalue weighted by atomic mass is 16.5. The van der Waals surface area contributed by atoms with E-state index in [-0.39, 0.29) is 21.7 Å². The zero-order valence-corrected chi connectivity index (χ0v) is 53.9. The molecule has 90 heavy (non-hydrogen) atoms. The van der Waals surface area contributed by atoms with Gasteiger partial charge in [0.05, 0.1) is 7.11 Å². The second-order valence-corrected chi connectivity index (χ2v) is 26.7. The van der Waals surface area contributed by atoms with Gasteiger partial charge in [-0.25, -0.2) is 0 Å². The van der Waals surface area contributed by atoms with Gasteiger partial charge in [0, 0.05) is 21.7 Å². The fourth-order valence-corrected chi connectivity index (χ4v) is 18.4. The molecule has 0 saturated heterocycles. The van der Waals surface area contributed by atoms with E-state index in [1.165, 1.54) is 166 Å². The summed E-state index contributed by atoms with van der Waals surface area (Å²) in [5.41, 5.74) is 35.7. The molecule has 0 radical (unpaired) electrons. The van der Waals surface area contributed by atoms with Crippen molar-refractivity contribution in [1.29, 1.82) is 0 Å². The highest BCUT2D eigenvalue weighted by Crippen LogP contribution is 2.60. The summed E-state index contributed by atoms with van der Waals surface area (Å²) in [6.45, 7) is 19.2. The zero-order valence-electron chi connectivity index (χ0n) is 53.9. The lowest BCUT2D eigenvalue weighted by Gasteiger charge is -2.31. The van der Waals surface area contributed by atoms with Crippen LogP contribution in [0.5, 0.6) is 5.75 Å². The van der Waals surface area contributed by atoms with E-state index < -0.39 is 0 Å². The van der Waals surface area contributed by atoms with E-state index in [1.807, 2.05) is 6.07 Å². The summed E-state index contributed by atoms with van der Waals surface area (Å²) >= 11 is 0. The van der Waals surface area contributed by atoms with Crippen molar-refractivity contribution in [3.8, 4) is 106 Å². The maximum Gasteiger partial charge on any atom is 0.119 e. The SMILES string of the molecule is CCC1(CC)c2ccccc2-c2ccc(-c3ccc4c(c3)C(CC)(CC)c3cc(-c5ccc6c(c5)C(CC)(CC)c5cc(-c7ccc8c(c7)C(CC)(CC)c7cc(-c9ccc%10cc(-c%11ccc%12cc(OC)ccc%12c%11)ccc%10c9)ccc7-8)ccc5-6)ccc3-4)cc21. The summed E-state index contributed by atoms with van der Waals surface area (Å²) in [6, 6.07) is 87.8. The van der Waals surface area contributed by atoms with Gasteiger partial charge in [0.1, 0.15) is 5.75 Å². The average molecular weight is 1170 g/mol. The standard InChI is InChI=1S/C89H80O/c1-10-86(11-2)78-21-19-18-20-70(78)71-37-30-63(49-79(71)86)64-31-39-74-75-41-34-67(53-83(75)88(14-5,15-6)82(74)50-64)68-35-43-77-76-42-33-66(52-84(76)89(16-7,17-8)85(77)54-68)65-32-40-73-72-38-29-62(48-80(72)87(12-3,13-4)81(73)51-65)59-25-24-56-44-55(22-23-57(56)45-59)58-26-27-61-47-69(90-9)36-28-60(61)46-58/h18-54H,10-17H2,1-9H3. The molecule has 442 valence electrons. The molecule has 12 aromatic rings. The van der Waals surface area contributed by atoms with Crippen molar-refractivity contribution >= 4 is 21.5 Å². The first-order valence-corrected chi connectivity index (χ1v) is 33.8. The van der Waals surface area contributed by atoms with Gasteiger partial charge in [0.15, 0.2) is 0 Å². The third-order valence-electron chi connectivity index (χ3n) is 23.7. The summed E-state index contributed by atoms with van der Waals surface area (Å²) in [4.78, 5) is 0. The van der Waals surface area contributed by atoms with Crippen molar-refractivity contribution in [3.63, 3.8) is 0 Å². The normalized spacial score (nSPS) is 15.2. The molecule has 0 aromatic heterocycles. The number of benzene rings is 12.